The van der Waals surface area contributed by atoms with Crippen LogP contribution in [0.5, 0.6) is 0 Å². The molecule has 3 fully saturated rings. The summed E-state index contributed by atoms with van der Waals surface area (Å²) in [6, 6.07) is 0.831. The third kappa shape index (κ3) is 4.72. The summed E-state index contributed by atoms with van der Waals surface area (Å²) in [6.07, 6.45) is 0. The number of rotatable bonds is 4. The molecule has 0 unspecified atom stereocenters. The molecule has 0 amide bonds. The number of hydrogen-bond acceptors (Lipinski definition) is 4. The van der Waals surface area contributed by atoms with E-state index in [4.69, 9.17) is 0 Å². The maximum Gasteiger partial charge on any atom is 0.0351 e. The van der Waals surface area contributed by atoms with Crippen LogP contribution in [0.4, 0.5) is 0 Å². The van der Waals surface area contributed by atoms with E-state index in [9.17, 15) is 0 Å². The largest absolute Gasteiger partial charge is 0.302 e. The predicted molar refractivity (Wildman–Crippen MR) is 103 cm³/mol. The second kappa shape index (κ2) is 6.86. The number of nitrogens with zero attached hydrogens (tertiary/aromatic N) is 4. The zero-order valence-corrected chi connectivity index (χ0v) is 17.0. The quantitative estimate of drug-likeness (QED) is 0.779. The average Bonchev–Trinajstić information content (AvgIpc) is 2.36. The minimum absolute atomic E-state index is 0.334. The van der Waals surface area contributed by atoms with E-state index >= 15 is 0 Å². The Hall–Kier alpha value is -0.160. The Bertz CT molecular complexity index is 402. The zero-order chi connectivity index (χ0) is 17.5. The van der Waals surface area contributed by atoms with E-state index in [0.29, 0.717) is 11.0 Å². The van der Waals surface area contributed by atoms with Crippen molar-refractivity contribution >= 4 is 0 Å². The second-order valence-electron chi connectivity index (χ2n) is 10.7. The minimum atomic E-state index is 0.334. The van der Waals surface area contributed by atoms with E-state index in [-0.39, 0.29) is 0 Å². The fourth-order valence-electron chi connectivity index (χ4n) is 4.64. The normalized spacial score (nSPS) is 27.2. The molecule has 24 heavy (non-hydrogen) atoms. The highest BCUT2D eigenvalue weighted by Crippen LogP contribution is 2.26. The van der Waals surface area contributed by atoms with E-state index in [1.54, 1.807) is 0 Å². The lowest BCUT2D eigenvalue weighted by Crippen LogP contribution is -2.66. The van der Waals surface area contributed by atoms with Crippen LogP contribution in [0.3, 0.4) is 0 Å². The van der Waals surface area contributed by atoms with Crippen LogP contribution in [-0.4, -0.2) is 96.6 Å². The molecule has 0 aromatic heterocycles. The van der Waals surface area contributed by atoms with E-state index in [1.807, 2.05) is 0 Å². The van der Waals surface area contributed by atoms with Gasteiger partial charge in [-0.3, -0.25) is 14.7 Å². The maximum atomic E-state index is 2.74. The molecule has 3 saturated heterocycles. The molecule has 0 saturated carbocycles. The lowest BCUT2D eigenvalue weighted by atomic mass is 9.90. The first-order valence-electron chi connectivity index (χ1n) is 10.0. The average molecular weight is 337 g/mol. The lowest BCUT2D eigenvalue weighted by Gasteiger charge is -2.52. The van der Waals surface area contributed by atoms with E-state index in [1.165, 1.54) is 65.4 Å². The molecule has 0 aromatic rings. The molecule has 0 aromatic carbocycles. The fourth-order valence-corrected chi connectivity index (χ4v) is 4.64. The van der Waals surface area contributed by atoms with Crippen LogP contribution >= 0.6 is 0 Å². The summed E-state index contributed by atoms with van der Waals surface area (Å²) in [6.45, 7) is 26.9. The highest BCUT2D eigenvalue weighted by molar-refractivity contribution is 4.94. The molecular weight excluding hydrogens is 296 g/mol. The molecule has 3 heterocycles. The van der Waals surface area contributed by atoms with Crippen molar-refractivity contribution in [1.29, 1.82) is 0 Å². The van der Waals surface area contributed by atoms with Crippen molar-refractivity contribution in [2.24, 2.45) is 11.3 Å². The molecule has 0 N–H and O–H groups in total. The van der Waals surface area contributed by atoms with Crippen LogP contribution in [-0.2, 0) is 0 Å². The van der Waals surface area contributed by atoms with Gasteiger partial charge in [-0.2, -0.15) is 0 Å². The molecule has 0 radical (unpaired) electrons. The van der Waals surface area contributed by atoms with Gasteiger partial charge in [-0.25, -0.2) is 0 Å². The molecule has 0 bridgehead atoms. The van der Waals surface area contributed by atoms with Gasteiger partial charge >= 0.3 is 0 Å². The Kier molecular flexibility index (Phi) is 5.33. The topological polar surface area (TPSA) is 13.0 Å². The van der Waals surface area contributed by atoms with Gasteiger partial charge in [0.1, 0.15) is 0 Å². The van der Waals surface area contributed by atoms with Gasteiger partial charge < -0.3 is 4.90 Å². The van der Waals surface area contributed by atoms with Crippen molar-refractivity contribution in [3.05, 3.63) is 0 Å². The molecule has 3 aliphatic rings. The molecule has 0 atom stereocenters. The molecule has 140 valence electrons. The Morgan fingerprint density at radius 3 is 1.83 bits per heavy atom. The Morgan fingerprint density at radius 1 is 0.750 bits per heavy atom. The van der Waals surface area contributed by atoms with E-state index in [0.717, 1.165) is 12.0 Å². The molecule has 4 heteroatoms. The van der Waals surface area contributed by atoms with Crippen molar-refractivity contribution in [3.8, 4) is 0 Å². The predicted octanol–water partition coefficient (Wildman–Crippen LogP) is 2.06. The SMILES string of the molecule is CC(C)(C)CN1CC(CN2CC(N3CCN(C(C)(C)C)CC3)C2)C1. The lowest BCUT2D eigenvalue weighted by molar-refractivity contribution is -0.0350. The van der Waals surface area contributed by atoms with Gasteiger partial charge in [-0.05, 0) is 32.1 Å². The third-order valence-corrected chi connectivity index (χ3v) is 5.96. The molecule has 0 aliphatic carbocycles. The monoisotopic (exact) mass is 336 g/mol. The summed E-state index contributed by atoms with van der Waals surface area (Å²) in [5, 5.41) is 0. The van der Waals surface area contributed by atoms with Crippen molar-refractivity contribution in [1.82, 2.24) is 19.6 Å². The maximum absolute atomic E-state index is 2.74. The highest BCUT2D eigenvalue weighted by atomic mass is 15.4. The smallest absolute Gasteiger partial charge is 0.0351 e. The highest BCUT2D eigenvalue weighted by Gasteiger charge is 2.38. The van der Waals surface area contributed by atoms with E-state index < -0.39 is 0 Å². The fraction of sp³-hybridized carbons (Fsp3) is 1.00. The van der Waals surface area contributed by atoms with Crippen molar-refractivity contribution in [2.75, 3.05) is 65.4 Å². The third-order valence-electron chi connectivity index (χ3n) is 5.96. The molecule has 0 spiro atoms. The van der Waals surface area contributed by atoms with Gasteiger partial charge in [0.25, 0.3) is 0 Å². The van der Waals surface area contributed by atoms with Gasteiger partial charge in [0.15, 0.2) is 0 Å². The second-order valence-corrected chi connectivity index (χ2v) is 10.7. The Labute approximate surface area is 150 Å². The Morgan fingerprint density at radius 2 is 1.33 bits per heavy atom. The van der Waals surface area contributed by atoms with Gasteiger partial charge in [-0.15, -0.1) is 0 Å². The summed E-state index contributed by atoms with van der Waals surface area (Å²) < 4.78 is 0. The Balaban J connectivity index is 1.29. The van der Waals surface area contributed by atoms with Crippen molar-refractivity contribution < 1.29 is 0 Å². The summed E-state index contributed by atoms with van der Waals surface area (Å²) >= 11 is 0. The van der Waals surface area contributed by atoms with Crippen molar-refractivity contribution in [2.45, 2.75) is 53.1 Å². The van der Waals surface area contributed by atoms with Crippen molar-refractivity contribution in [3.63, 3.8) is 0 Å². The number of piperazine rings is 1. The van der Waals surface area contributed by atoms with Gasteiger partial charge in [0, 0.05) is 77.0 Å². The number of likely N-dealkylation sites (tertiary alicyclic amines) is 2. The first-order chi connectivity index (χ1) is 11.1. The van der Waals surface area contributed by atoms with Crippen LogP contribution < -0.4 is 0 Å². The summed E-state index contributed by atoms with van der Waals surface area (Å²) in [5.41, 5.74) is 0.781. The summed E-state index contributed by atoms with van der Waals surface area (Å²) in [7, 11) is 0. The first kappa shape index (κ1) is 18.6. The van der Waals surface area contributed by atoms with Crippen LogP contribution in [0, 0.1) is 11.3 Å². The van der Waals surface area contributed by atoms with Gasteiger partial charge in [0.05, 0.1) is 0 Å². The van der Waals surface area contributed by atoms with Crippen LogP contribution in [0.15, 0.2) is 0 Å². The zero-order valence-electron chi connectivity index (χ0n) is 17.0. The minimum Gasteiger partial charge on any atom is -0.302 e. The summed E-state index contributed by atoms with van der Waals surface area (Å²) in [5.74, 6) is 0.922. The van der Waals surface area contributed by atoms with Gasteiger partial charge in [-0.1, -0.05) is 20.8 Å². The first-order valence-corrected chi connectivity index (χ1v) is 10.0. The van der Waals surface area contributed by atoms with Gasteiger partial charge in [0.2, 0.25) is 0 Å². The van der Waals surface area contributed by atoms with Crippen LogP contribution in [0.2, 0.25) is 0 Å². The number of hydrogen-bond donors (Lipinski definition) is 0. The molecule has 3 aliphatic heterocycles. The molecule has 3 rings (SSSR count). The van der Waals surface area contributed by atoms with Crippen LogP contribution in [0.1, 0.15) is 41.5 Å². The van der Waals surface area contributed by atoms with E-state index in [2.05, 4.69) is 61.1 Å². The van der Waals surface area contributed by atoms with Crippen LogP contribution in [0.25, 0.3) is 0 Å². The summed E-state index contributed by atoms with van der Waals surface area (Å²) in [4.78, 5) is 10.7. The molecule has 4 nitrogen and oxygen atoms in total. The molecular formula is C20H40N4. The standard InChI is InChI=1S/C20H40N4/c1-19(2,3)16-22-12-17(13-22)11-21-14-18(15-21)23-7-9-24(10-8-23)20(4,5)6/h17-18H,7-16H2,1-6H3.